The van der Waals surface area contributed by atoms with E-state index in [9.17, 15) is 55.5 Å². The number of phenols is 6. The first-order valence-electron chi connectivity index (χ1n) is 13.1. The van der Waals surface area contributed by atoms with E-state index < -0.39 is 100 Å². The molecule has 15 nitrogen and oxygen atoms in total. The normalized spacial score (nSPS) is 21.6. The van der Waals surface area contributed by atoms with Crippen molar-refractivity contribution in [1.29, 1.82) is 0 Å². The van der Waals surface area contributed by atoms with E-state index in [0.717, 1.165) is 36.4 Å². The van der Waals surface area contributed by atoms with Crippen molar-refractivity contribution in [3.63, 3.8) is 0 Å². The molecule has 0 bridgehead atoms. The van der Waals surface area contributed by atoms with E-state index in [4.69, 9.17) is 18.6 Å². The largest absolute Gasteiger partial charge is 0.508 e. The van der Waals surface area contributed by atoms with Gasteiger partial charge in [0.25, 0.3) is 0 Å². The summed E-state index contributed by atoms with van der Waals surface area (Å²) in [6.45, 7) is -0.839. The maximum absolute atomic E-state index is 13.7. The van der Waals surface area contributed by atoms with Gasteiger partial charge < -0.3 is 64.6 Å². The molecule has 5 rings (SSSR count). The third-order valence-electron chi connectivity index (χ3n) is 6.88. The van der Waals surface area contributed by atoms with Crippen molar-refractivity contribution >= 4 is 23.0 Å². The number of carbonyl (C=O) groups excluding carboxylic acids is 1. The molecular formula is C30H26O15. The van der Waals surface area contributed by atoms with E-state index in [-0.39, 0.29) is 16.7 Å². The van der Waals surface area contributed by atoms with Crippen LogP contribution in [0.15, 0.2) is 63.8 Å². The molecule has 0 spiro atoms. The minimum Gasteiger partial charge on any atom is -0.508 e. The summed E-state index contributed by atoms with van der Waals surface area (Å²) in [5.74, 6) is -5.39. The molecule has 15 heteroatoms. The average Bonchev–Trinajstić information content (AvgIpc) is 2.99. The molecule has 0 radical (unpaired) electrons. The summed E-state index contributed by atoms with van der Waals surface area (Å²) in [4.78, 5) is 26.5. The summed E-state index contributed by atoms with van der Waals surface area (Å²) in [7, 11) is 0. The van der Waals surface area contributed by atoms with E-state index in [1.165, 1.54) is 24.3 Å². The lowest BCUT2D eigenvalue weighted by molar-refractivity contribution is -0.281. The van der Waals surface area contributed by atoms with Crippen LogP contribution in [0.3, 0.4) is 0 Å². The van der Waals surface area contributed by atoms with Gasteiger partial charge in [0.1, 0.15) is 40.8 Å². The van der Waals surface area contributed by atoms with Gasteiger partial charge in [0.05, 0.1) is 6.61 Å². The summed E-state index contributed by atoms with van der Waals surface area (Å²) < 4.78 is 22.4. The average molecular weight is 627 g/mol. The van der Waals surface area contributed by atoms with Crippen LogP contribution >= 0.6 is 0 Å². The molecule has 0 saturated carbocycles. The number of phenolic OH excluding ortho intramolecular Hbond substituents is 6. The van der Waals surface area contributed by atoms with Crippen LogP contribution in [-0.4, -0.2) is 89.2 Å². The fourth-order valence-corrected chi connectivity index (χ4v) is 4.60. The van der Waals surface area contributed by atoms with Crippen LogP contribution in [0.1, 0.15) is 5.56 Å². The number of carbonyl (C=O) groups is 1. The Bertz CT molecular complexity index is 1850. The number of rotatable bonds is 7. The number of fused-ring (bicyclic) bond motifs is 1. The van der Waals surface area contributed by atoms with Gasteiger partial charge in [-0.2, -0.15) is 0 Å². The zero-order valence-electron chi connectivity index (χ0n) is 22.8. The predicted molar refractivity (Wildman–Crippen MR) is 152 cm³/mol. The monoisotopic (exact) mass is 626 g/mol. The molecule has 236 valence electrons. The molecular weight excluding hydrogens is 600 g/mol. The fourth-order valence-electron chi connectivity index (χ4n) is 4.60. The van der Waals surface area contributed by atoms with Crippen molar-refractivity contribution in [3.05, 3.63) is 70.4 Å². The maximum Gasteiger partial charge on any atom is 0.331 e. The summed E-state index contributed by atoms with van der Waals surface area (Å²) in [6.07, 6.45) is -6.88. The third kappa shape index (κ3) is 6.13. The molecule has 0 aliphatic carbocycles. The lowest BCUT2D eigenvalue weighted by Crippen LogP contribution is -2.61. The van der Waals surface area contributed by atoms with Crippen LogP contribution in [0.25, 0.3) is 28.4 Å². The van der Waals surface area contributed by atoms with Crippen LogP contribution in [0.2, 0.25) is 0 Å². The lowest BCUT2D eigenvalue weighted by atomic mass is 9.99. The molecule has 1 aliphatic rings. The molecule has 0 unspecified atom stereocenters. The minimum atomic E-state index is -1.94. The minimum absolute atomic E-state index is 0.0501. The van der Waals surface area contributed by atoms with Crippen LogP contribution in [-0.2, 0) is 14.3 Å². The number of benzene rings is 3. The SMILES string of the molecule is O=C(/C=C/c1ccc(O)c(O)c1)O[C@H]1[C@H](Oc2c(-c3ccc(O)c(O)c3)oc3cc(O)cc(O)c3c2=O)O[C@H](CO)[C@@H](O)[C@@H]1O. The topological polar surface area (TPSA) is 257 Å². The Balaban J connectivity index is 1.57. The summed E-state index contributed by atoms with van der Waals surface area (Å²) in [5.41, 5.74) is -1.13. The first-order chi connectivity index (χ1) is 21.4. The second-order valence-corrected chi connectivity index (χ2v) is 9.94. The number of hydrogen-bond acceptors (Lipinski definition) is 15. The van der Waals surface area contributed by atoms with E-state index in [2.05, 4.69) is 0 Å². The highest BCUT2D eigenvalue weighted by atomic mass is 16.7. The first-order valence-corrected chi connectivity index (χ1v) is 13.1. The molecule has 1 aliphatic heterocycles. The number of ether oxygens (including phenoxy) is 3. The van der Waals surface area contributed by atoms with Gasteiger partial charge in [-0.1, -0.05) is 6.07 Å². The van der Waals surface area contributed by atoms with Crippen LogP contribution in [0, 0.1) is 0 Å². The highest BCUT2D eigenvalue weighted by molar-refractivity contribution is 5.89. The number of aliphatic hydroxyl groups excluding tert-OH is 3. The number of hydrogen-bond donors (Lipinski definition) is 9. The smallest absolute Gasteiger partial charge is 0.331 e. The van der Waals surface area contributed by atoms with E-state index in [1.807, 2.05) is 0 Å². The second-order valence-electron chi connectivity index (χ2n) is 9.94. The number of esters is 1. The Morgan fingerprint density at radius 1 is 0.844 bits per heavy atom. The summed E-state index contributed by atoms with van der Waals surface area (Å²) >= 11 is 0. The molecule has 4 aromatic rings. The van der Waals surface area contributed by atoms with Crippen molar-refractivity contribution in [2.75, 3.05) is 6.61 Å². The lowest BCUT2D eigenvalue weighted by Gasteiger charge is -2.41. The number of aromatic hydroxyl groups is 6. The predicted octanol–water partition coefficient (Wildman–Crippen LogP) is 1.14. The first kappa shape index (κ1) is 31.0. The van der Waals surface area contributed by atoms with Gasteiger partial charge in [0.2, 0.25) is 17.5 Å². The number of aliphatic hydroxyl groups is 3. The van der Waals surface area contributed by atoms with E-state index in [0.29, 0.717) is 0 Å². The van der Waals surface area contributed by atoms with Crippen molar-refractivity contribution in [2.24, 2.45) is 0 Å². The fraction of sp³-hybridized carbons (Fsp3) is 0.200. The maximum atomic E-state index is 13.7. The molecule has 5 atom stereocenters. The van der Waals surface area contributed by atoms with Crippen LogP contribution in [0.5, 0.6) is 40.2 Å². The molecule has 3 aromatic carbocycles. The molecule has 1 saturated heterocycles. The van der Waals surface area contributed by atoms with Crippen molar-refractivity contribution in [1.82, 2.24) is 0 Å². The van der Waals surface area contributed by atoms with Gasteiger partial charge in [0.15, 0.2) is 34.9 Å². The zero-order valence-corrected chi connectivity index (χ0v) is 22.8. The Morgan fingerprint density at radius 2 is 1.53 bits per heavy atom. The highest BCUT2D eigenvalue weighted by Crippen LogP contribution is 2.39. The van der Waals surface area contributed by atoms with Gasteiger partial charge in [-0.15, -0.1) is 0 Å². The molecule has 2 heterocycles. The van der Waals surface area contributed by atoms with Crippen molar-refractivity contribution in [2.45, 2.75) is 30.7 Å². The molecule has 1 aromatic heterocycles. The Kier molecular flexibility index (Phi) is 8.43. The molecule has 45 heavy (non-hydrogen) atoms. The van der Waals surface area contributed by atoms with Gasteiger partial charge in [0, 0.05) is 23.8 Å². The molecule has 9 N–H and O–H groups in total. The quantitative estimate of drug-likeness (QED) is 0.0791. The Morgan fingerprint density at radius 3 is 2.20 bits per heavy atom. The third-order valence-corrected chi connectivity index (χ3v) is 6.88. The second kappa shape index (κ2) is 12.3. The van der Waals surface area contributed by atoms with E-state index >= 15 is 0 Å². The van der Waals surface area contributed by atoms with Gasteiger partial charge in [-0.05, 0) is 42.0 Å². The van der Waals surface area contributed by atoms with Crippen LogP contribution in [0.4, 0.5) is 0 Å². The summed E-state index contributed by atoms with van der Waals surface area (Å²) in [5, 5.41) is 90.0. The van der Waals surface area contributed by atoms with Crippen molar-refractivity contribution < 1.29 is 69.4 Å². The van der Waals surface area contributed by atoms with Gasteiger partial charge >= 0.3 is 5.97 Å². The van der Waals surface area contributed by atoms with Crippen LogP contribution < -0.4 is 10.2 Å². The van der Waals surface area contributed by atoms with Crippen molar-refractivity contribution in [3.8, 4) is 51.6 Å². The highest BCUT2D eigenvalue weighted by Gasteiger charge is 2.48. The zero-order chi connectivity index (χ0) is 32.6. The van der Waals surface area contributed by atoms with E-state index in [1.54, 1.807) is 0 Å². The summed E-state index contributed by atoms with van der Waals surface area (Å²) in [6, 6.07) is 8.89. The Hall–Kier alpha value is -5.48. The molecule has 1 fully saturated rings. The molecule has 0 amide bonds. The van der Waals surface area contributed by atoms with Gasteiger partial charge in [-0.3, -0.25) is 4.79 Å². The Labute approximate surface area is 251 Å². The standard InChI is InChI=1S/C30H26O15/c31-11-21-24(39)26(41)29(44-22(38)6-2-12-1-4-15(33)17(35)7-12)30(43-21)45-28-25(40)23-19(37)9-14(32)10-20(23)42-27(28)13-3-5-16(34)18(36)8-13/h1-10,21,24,26,29-37,39,41H,11H2/b6-2+/t21-,24-,26+,29-,30+/m1/s1. The van der Waals surface area contributed by atoms with Gasteiger partial charge in [-0.25, -0.2) is 4.79 Å².